The van der Waals surface area contributed by atoms with Crippen LogP contribution in [0.1, 0.15) is 5.56 Å². The van der Waals surface area contributed by atoms with Gasteiger partial charge in [-0.05, 0) is 17.7 Å². The number of halogens is 3. The fourth-order valence-electron chi connectivity index (χ4n) is 2.34. The van der Waals surface area contributed by atoms with Crippen molar-refractivity contribution in [2.24, 2.45) is 0 Å². The Morgan fingerprint density at radius 1 is 1.16 bits per heavy atom. The van der Waals surface area contributed by atoms with Crippen molar-refractivity contribution in [3.8, 4) is 11.8 Å². The van der Waals surface area contributed by atoms with Gasteiger partial charge < -0.3 is 25.2 Å². The van der Waals surface area contributed by atoms with Crippen molar-refractivity contribution in [1.29, 1.82) is 0 Å². The first-order valence-electron chi connectivity index (χ1n) is 9.04. The highest BCUT2D eigenvalue weighted by molar-refractivity contribution is 5.69. The van der Waals surface area contributed by atoms with Crippen molar-refractivity contribution in [1.82, 2.24) is 24.7 Å². The van der Waals surface area contributed by atoms with E-state index in [-0.39, 0.29) is 30.7 Å². The van der Waals surface area contributed by atoms with Crippen molar-refractivity contribution in [2.45, 2.75) is 19.3 Å². The number of benzene rings is 1. The van der Waals surface area contributed by atoms with Crippen LogP contribution in [0.15, 0.2) is 36.7 Å². The average Bonchev–Trinajstić information content (AvgIpc) is 3.17. The summed E-state index contributed by atoms with van der Waals surface area (Å²) in [6, 6.07) is 5.73. The zero-order chi connectivity index (χ0) is 23.1. The van der Waals surface area contributed by atoms with E-state index >= 15 is 0 Å². The molecule has 0 aliphatic rings. The Hall–Kier alpha value is -4.10. The summed E-state index contributed by atoms with van der Waals surface area (Å²) in [5.74, 6) is -0.572. The third kappa shape index (κ3) is 7.00. The number of aromatic hydroxyl groups is 1. The summed E-state index contributed by atoms with van der Waals surface area (Å²) >= 11 is 0. The monoisotopic (exact) mass is 453 g/mol. The number of phenolic OH excluding ortho intramolecular Hbond substituents is 1. The Labute approximate surface area is 179 Å². The van der Waals surface area contributed by atoms with Gasteiger partial charge in [0.1, 0.15) is 12.3 Å². The van der Waals surface area contributed by atoms with Gasteiger partial charge in [0, 0.05) is 12.7 Å². The molecule has 170 valence electrons. The van der Waals surface area contributed by atoms with E-state index in [4.69, 9.17) is 0 Å². The van der Waals surface area contributed by atoms with Gasteiger partial charge in [-0.2, -0.15) is 33.2 Å². The molecule has 14 heteroatoms. The predicted molar refractivity (Wildman–Crippen MR) is 104 cm³/mol. The number of hydrogen-bond donors (Lipinski definition) is 3. The minimum Gasteiger partial charge on any atom is -0.508 e. The number of nitrogens with one attached hydrogen (secondary N) is 2. The van der Waals surface area contributed by atoms with Crippen LogP contribution in [0.4, 0.5) is 30.8 Å². The molecule has 32 heavy (non-hydrogen) atoms. The van der Waals surface area contributed by atoms with E-state index in [1.54, 1.807) is 12.1 Å². The van der Waals surface area contributed by atoms with E-state index in [2.05, 4.69) is 40.2 Å². The van der Waals surface area contributed by atoms with Crippen LogP contribution >= 0.6 is 0 Å². The van der Waals surface area contributed by atoms with Crippen LogP contribution < -0.4 is 15.4 Å². The van der Waals surface area contributed by atoms with Crippen molar-refractivity contribution >= 4 is 23.6 Å². The Morgan fingerprint density at radius 2 is 1.88 bits per heavy atom. The lowest BCUT2D eigenvalue weighted by Crippen LogP contribution is -2.20. The first-order valence-corrected chi connectivity index (χ1v) is 9.04. The smallest absolute Gasteiger partial charge is 0.422 e. The van der Waals surface area contributed by atoms with Crippen LogP contribution in [-0.2, 0) is 22.6 Å². The highest BCUT2D eigenvalue weighted by Gasteiger charge is 2.29. The summed E-state index contributed by atoms with van der Waals surface area (Å²) in [4.78, 5) is 23.1. The molecule has 2 aromatic heterocycles. The Bertz CT molecular complexity index is 1060. The van der Waals surface area contributed by atoms with E-state index in [0.29, 0.717) is 5.69 Å². The van der Waals surface area contributed by atoms with Gasteiger partial charge in [-0.25, -0.2) is 0 Å². The van der Waals surface area contributed by atoms with Gasteiger partial charge in [-0.3, -0.25) is 9.48 Å². The van der Waals surface area contributed by atoms with Gasteiger partial charge in [0.15, 0.2) is 6.61 Å². The molecule has 0 atom stereocenters. The van der Waals surface area contributed by atoms with Crippen molar-refractivity contribution in [3.63, 3.8) is 0 Å². The lowest BCUT2D eigenvalue weighted by Gasteiger charge is -2.11. The van der Waals surface area contributed by atoms with Crippen LogP contribution in [0.2, 0.25) is 0 Å². The normalized spacial score (nSPS) is 11.1. The van der Waals surface area contributed by atoms with Crippen LogP contribution in [0.3, 0.4) is 0 Å². The van der Waals surface area contributed by atoms with E-state index in [1.807, 2.05) is 0 Å². The SMILES string of the molecule is COC(=O)Cn1cc(Nc2nc(NCc3ccc(O)cc3)nc(OCC(F)(F)F)n2)cn1. The third-order valence-corrected chi connectivity index (χ3v) is 3.77. The summed E-state index contributed by atoms with van der Waals surface area (Å²) < 4.78 is 48.1. The summed E-state index contributed by atoms with van der Waals surface area (Å²) in [6.07, 6.45) is -1.75. The maximum atomic E-state index is 12.5. The summed E-state index contributed by atoms with van der Waals surface area (Å²) in [7, 11) is 1.24. The van der Waals surface area contributed by atoms with Gasteiger partial charge in [0.25, 0.3) is 0 Å². The number of ether oxygens (including phenoxy) is 2. The van der Waals surface area contributed by atoms with E-state index in [0.717, 1.165) is 5.56 Å². The topological polar surface area (TPSA) is 136 Å². The molecule has 3 N–H and O–H groups in total. The summed E-state index contributed by atoms with van der Waals surface area (Å²) in [5, 5.41) is 18.9. The number of phenols is 1. The second kappa shape index (κ2) is 9.80. The van der Waals surface area contributed by atoms with Gasteiger partial charge in [-0.1, -0.05) is 12.1 Å². The standard InChI is InChI=1S/C18H18F3N7O4/c1-31-14(30)9-28-8-12(7-23-28)24-16-25-15(22-6-11-2-4-13(29)5-3-11)26-17(27-16)32-10-18(19,20)21/h2-5,7-8,29H,6,9-10H2,1H3,(H2,22,24,25,26,27). The highest BCUT2D eigenvalue weighted by atomic mass is 19.4. The lowest BCUT2D eigenvalue weighted by atomic mass is 10.2. The van der Waals surface area contributed by atoms with E-state index < -0.39 is 24.8 Å². The Balaban J connectivity index is 1.76. The number of carbonyl (C=O) groups excluding carboxylic acids is 1. The zero-order valence-corrected chi connectivity index (χ0v) is 16.6. The minimum absolute atomic E-state index is 0.0466. The van der Waals surface area contributed by atoms with Crippen LogP contribution in [0.5, 0.6) is 11.8 Å². The molecule has 0 radical (unpaired) electrons. The maximum Gasteiger partial charge on any atom is 0.422 e. The molecule has 0 fully saturated rings. The quantitative estimate of drug-likeness (QED) is 0.414. The van der Waals surface area contributed by atoms with Gasteiger partial charge in [0.05, 0.1) is 19.0 Å². The fraction of sp³-hybridized carbons (Fsp3) is 0.278. The number of methoxy groups -OCH3 is 1. The molecule has 0 amide bonds. The van der Waals surface area contributed by atoms with Crippen molar-refractivity contribution < 1.29 is 32.5 Å². The number of anilines is 3. The van der Waals surface area contributed by atoms with Gasteiger partial charge in [-0.15, -0.1) is 0 Å². The number of rotatable bonds is 9. The molecule has 0 unspecified atom stereocenters. The largest absolute Gasteiger partial charge is 0.508 e. The molecule has 3 rings (SSSR count). The number of alkyl halides is 3. The molecule has 11 nitrogen and oxygen atoms in total. The molecule has 0 saturated heterocycles. The zero-order valence-electron chi connectivity index (χ0n) is 16.6. The number of nitrogens with zero attached hydrogens (tertiary/aromatic N) is 5. The summed E-state index contributed by atoms with van der Waals surface area (Å²) in [5.41, 5.74) is 1.13. The van der Waals surface area contributed by atoms with Gasteiger partial charge in [0.2, 0.25) is 11.9 Å². The molecule has 1 aromatic carbocycles. The molecule has 0 aliphatic carbocycles. The highest BCUT2D eigenvalue weighted by Crippen LogP contribution is 2.20. The number of hydrogen-bond acceptors (Lipinski definition) is 10. The van der Waals surface area contributed by atoms with Crippen LogP contribution in [-0.4, -0.2) is 55.7 Å². The minimum atomic E-state index is -4.57. The lowest BCUT2D eigenvalue weighted by molar-refractivity contribution is -0.154. The van der Waals surface area contributed by atoms with E-state index in [9.17, 15) is 23.1 Å². The second-order valence-electron chi connectivity index (χ2n) is 6.32. The molecule has 0 spiro atoms. The summed E-state index contributed by atoms with van der Waals surface area (Å²) in [6.45, 7) is -1.49. The van der Waals surface area contributed by atoms with Crippen molar-refractivity contribution in [2.75, 3.05) is 24.4 Å². The predicted octanol–water partition coefficient (Wildman–Crippen LogP) is 2.24. The Kier molecular flexibility index (Phi) is 6.92. The van der Waals surface area contributed by atoms with E-state index in [1.165, 1.54) is 36.3 Å². The molecule has 0 aliphatic heterocycles. The Morgan fingerprint density at radius 3 is 2.56 bits per heavy atom. The third-order valence-electron chi connectivity index (χ3n) is 3.77. The molecule has 0 bridgehead atoms. The van der Waals surface area contributed by atoms with Crippen LogP contribution in [0.25, 0.3) is 0 Å². The number of carbonyl (C=O) groups is 1. The maximum absolute atomic E-state index is 12.5. The first kappa shape index (κ1) is 22.6. The molecular formula is C18H18F3N7O4. The van der Waals surface area contributed by atoms with Crippen LogP contribution in [0, 0.1) is 0 Å². The number of esters is 1. The average molecular weight is 453 g/mol. The van der Waals surface area contributed by atoms with Gasteiger partial charge >= 0.3 is 18.2 Å². The van der Waals surface area contributed by atoms with Crippen molar-refractivity contribution in [3.05, 3.63) is 42.2 Å². The molecule has 2 heterocycles. The molecular weight excluding hydrogens is 435 g/mol. The molecule has 3 aromatic rings. The first-order chi connectivity index (χ1) is 15.2. The number of aromatic nitrogens is 5. The molecule has 0 saturated carbocycles. The second-order valence-corrected chi connectivity index (χ2v) is 6.32. The fourth-order valence-corrected chi connectivity index (χ4v) is 2.34.